The summed E-state index contributed by atoms with van der Waals surface area (Å²) in [6.07, 6.45) is 3.16. The predicted octanol–water partition coefficient (Wildman–Crippen LogP) is 3.44. The van der Waals surface area contributed by atoms with Gasteiger partial charge in [-0.2, -0.15) is 0 Å². The van der Waals surface area contributed by atoms with Crippen LogP contribution in [-0.4, -0.2) is 18.1 Å². The lowest BCUT2D eigenvalue weighted by Gasteiger charge is -2.07. The number of hydrogen-bond acceptors (Lipinski definition) is 3. The number of carbonyl (C=O) groups is 1. The third kappa shape index (κ3) is 2.41. The fraction of sp³-hybridized carbons (Fsp3) is 0.0769. The summed E-state index contributed by atoms with van der Waals surface area (Å²) in [7, 11) is 1.26. The summed E-state index contributed by atoms with van der Waals surface area (Å²) >= 11 is 3.31. The van der Waals surface area contributed by atoms with Crippen molar-refractivity contribution in [2.45, 2.75) is 0 Å². The van der Waals surface area contributed by atoms with E-state index in [0.29, 0.717) is 15.6 Å². The van der Waals surface area contributed by atoms with Gasteiger partial charge in [-0.1, -0.05) is 6.07 Å². The maximum atomic E-state index is 14.0. The van der Waals surface area contributed by atoms with Gasteiger partial charge in [0.1, 0.15) is 5.82 Å². The van der Waals surface area contributed by atoms with Crippen molar-refractivity contribution in [1.29, 1.82) is 0 Å². The van der Waals surface area contributed by atoms with Crippen LogP contribution in [0.15, 0.2) is 41.1 Å². The summed E-state index contributed by atoms with van der Waals surface area (Å²) in [5.74, 6) is -1.04. The maximum Gasteiger partial charge on any atom is 0.337 e. The monoisotopic (exact) mass is 309 g/mol. The molecule has 0 unspecified atom stereocenters. The van der Waals surface area contributed by atoms with Gasteiger partial charge in [-0.3, -0.25) is 4.98 Å². The normalized spacial score (nSPS) is 10.2. The number of carbonyl (C=O) groups excluding carboxylic acids is 1. The Kier molecular flexibility index (Phi) is 3.72. The van der Waals surface area contributed by atoms with E-state index < -0.39 is 11.8 Å². The first-order valence-electron chi connectivity index (χ1n) is 5.11. The third-order valence-corrected chi connectivity index (χ3v) is 3.08. The Hall–Kier alpha value is -1.75. The average Bonchev–Trinajstić information content (AvgIpc) is 2.39. The quantitative estimate of drug-likeness (QED) is 0.798. The Morgan fingerprint density at radius 3 is 2.72 bits per heavy atom. The molecule has 0 saturated carbocycles. The number of esters is 1. The minimum Gasteiger partial charge on any atom is -0.465 e. The fourth-order valence-corrected chi connectivity index (χ4v) is 2.04. The summed E-state index contributed by atoms with van der Waals surface area (Å²) < 4.78 is 19.2. The number of halogens is 2. The van der Waals surface area contributed by atoms with Gasteiger partial charge in [-0.25, -0.2) is 9.18 Å². The number of aromatic nitrogens is 1. The molecule has 0 aliphatic heterocycles. The van der Waals surface area contributed by atoms with Gasteiger partial charge in [0.25, 0.3) is 0 Å². The number of ether oxygens (including phenoxy) is 1. The molecule has 0 spiro atoms. The highest BCUT2D eigenvalue weighted by atomic mass is 79.9. The van der Waals surface area contributed by atoms with E-state index in [9.17, 15) is 9.18 Å². The van der Waals surface area contributed by atoms with Crippen LogP contribution in [0.1, 0.15) is 10.4 Å². The first kappa shape index (κ1) is 12.7. The predicted molar refractivity (Wildman–Crippen MR) is 68.7 cm³/mol. The molecule has 5 heteroatoms. The lowest BCUT2D eigenvalue weighted by molar-refractivity contribution is 0.0600. The zero-order chi connectivity index (χ0) is 13.1. The maximum absolute atomic E-state index is 14.0. The SMILES string of the molecule is COC(=O)c1ccc(-c2ccncc2Br)c(F)c1. The molecule has 0 radical (unpaired) electrons. The van der Waals surface area contributed by atoms with Crippen molar-refractivity contribution in [1.82, 2.24) is 4.98 Å². The highest BCUT2D eigenvalue weighted by Gasteiger charge is 2.12. The summed E-state index contributed by atoms with van der Waals surface area (Å²) in [5, 5.41) is 0. The lowest BCUT2D eigenvalue weighted by atomic mass is 10.0. The molecule has 0 bridgehead atoms. The van der Waals surface area contributed by atoms with Crippen molar-refractivity contribution in [2.75, 3.05) is 7.11 Å². The molecule has 0 aliphatic rings. The van der Waals surface area contributed by atoms with Gasteiger partial charge < -0.3 is 4.74 Å². The number of methoxy groups -OCH3 is 1. The Morgan fingerprint density at radius 1 is 1.33 bits per heavy atom. The van der Waals surface area contributed by atoms with Gasteiger partial charge in [0.2, 0.25) is 0 Å². The van der Waals surface area contributed by atoms with Gasteiger partial charge >= 0.3 is 5.97 Å². The number of benzene rings is 1. The van der Waals surface area contributed by atoms with Gasteiger partial charge in [0.15, 0.2) is 0 Å². The minimum absolute atomic E-state index is 0.184. The zero-order valence-electron chi connectivity index (χ0n) is 9.48. The first-order chi connectivity index (χ1) is 8.63. The van der Waals surface area contributed by atoms with Gasteiger partial charge in [-0.05, 0) is 34.1 Å². The second-order valence-corrected chi connectivity index (χ2v) is 4.40. The van der Waals surface area contributed by atoms with Crippen LogP contribution in [0.5, 0.6) is 0 Å². The molecule has 0 N–H and O–H groups in total. The Balaban J connectivity index is 2.49. The molecule has 2 aromatic rings. The second-order valence-electron chi connectivity index (χ2n) is 3.54. The fourth-order valence-electron chi connectivity index (χ4n) is 1.57. The zero-order valence-corrected chi connectivity index (χ0v) is 11.1. The van der Waals surface area contributed by atoms with E-state index in [-0.39, 0.29) is 5.56 Å². The van der Waals surface area contributed by atoms with E-state index in [0.717, 1.165) is 6.07 Å². The molecular weight excluding hydrogens is 301 g/mol. The lowest BCUT2D eigenvalue weighted by Crippen LogP contribution is -2.02. The summed E-state index contributed by atoms with van der Waals surface area (Å²) in [6.45, 7) is 0. The van der Waals surface area contributed by atoms with Crippen molar-refractivity contribution < 1.29 is 13.9 Å². The van der Waals surface area contributed by atoms with Crippen LogP contribution in [0.3, 0.4) is 0 Å². The number of rotatable bonds is 2. The van der Waals surface area contributed by atoms with Crippen LogP contribution in [0, 0.1) is 5.82 Å². The molecule has 0 fully saturated rings. The van der Waals surface area contributed by atoms with Gasteiger partial charge in [0.05, 0.1) is 12.7 Å². The van der Waals surface area contributed by atoms with E-state index in [1.54, 1.807) is 24.5 Å². The van der Waals surface area contributed by atoms with Gasteiger partial charge in [0, 0.05) is 28.0 Å². The standard InChI is InChI=1S/C13H9BrFNO2/c1-18-13(17)8-2-3-10(12(15)6-8)9-4-5-16-7-11(9)14/h2-7H,1H3. The summed E-state index contributed by atoms with van der Waals surface area (Å²) in [4.78, 5) is 15.2. The Labute approximate surface area is 112 Å². The Bertz CT molecular complexity index is 601. The molecule has 0 amide bonds. The van der Waals surface area contributed by atoms with Crippen molar-refractivity contribution in [3.05, 3.63) is 52.5 Å². The summed E-state index contributed by atoms with van der Waals surface area (Å²) in [6, 6.07) is 5.92. The topological polar surface area (TPSA) is 39.2 Å². The number of hydrogen-bond donors (Lipinski definition) is 0. The van der Waals surface area contributed by atoms with E-state index in [1.807, 2.05) is 0 Å². The second kappa shape index (κ2) is 5.27. The average molecular weight is 310 g/mol. The molecule has 0 aliphatic carbocycles. The van der Waals surface area contributed by atoms with Gasteiger partial charge in [-0.15, -0.1) is 0 Å². The number of nitrogens with zero attached hydrogens (tertiary/aromatic N) is 1. The molecule has 0 saturated heterocycles. The van der Waals surface area contributed by atoms with E-state index in [1.165, 1.54) is 13.2 Å². The van der Waals surface area contributed by atoms with E-state index in [4.69, 9.17) is 0 Å². The molecule has 3 nitrogen and oxygen atoms in total. The first-order valence-corrected chi connectivity index (χ1v) is 5.90. The van der Waals surface area contributed by atoms with Crippen LogP contribution in [0.2, 0.25) is 0 Å². The van der Waals surface area contributed by atoms with Crippen molar-refractivity contribution in [3.63, 3.8) is 0 Å². The highest BCUT2D eigenvalue weighted by Crippen LogP contribution is 2.29. The van der Waals surface area contributed by atoms with Crippen molar-refractivity contribution in [3.8, 4) is 11.1 Å². The molecule has 1 aromatic carbocycles. The van der Waals surface area contributed by atoms with Crippen LogP contribution in [-0.2, 0) is 4.74 Å². The molecule has 1 aromatic heterocycles. The molecule has 18 heavy (non-hydrogen) atoms. The van der Waals surface area contributed by atoms with Crippen molar-refractivity contribution >= 4 is 21.9 Å². The molecule has 1 heterocycles. The highest BCUT2D eigenvalue weighted by molar-refractivity contribution is 9.10. The van der Waals surface area contributed by atoms with Crippen LogP contribution in [0.25, 0.3) is 11.1 Å². The van der Waals surface area contributed by atoms with Crippen molar-refractivity contribution in [2.24, 2.45) is 0 Å². The van der Waals surface area contributed by atoms with Crippen LogP contribution < -0.4 is 0 Å². The Morgan fingerprint density at radius 2 is 2.11 bits per heavy atom. The largest absolute Gasteiger partial charge is 0.465 e. The smallest absolute Gasteiger partial charge is 0.337 e. The number of pyridine rings is 1. The third-order valence-electron chi connectivity index (χ3n) is 2.45. The molecule has 0 atom stereocenters. The van der Waals surface area contributed by atoms with Crippen LogP contribution >= 0.6 is 15.9 Å². The molecule has 92 valence electrons. The van der Waals surface area contributed by atoms with E-state index in [2.05, 4.69) is 25.7 Å². The van der Waals surface area contributed by atoms with E-state index >= 15 is 0 Å². The summed E-state index contributed by atoms with van der Waals surface area (Å²) in [5.41, 5.74) is 1.26. The molecular formula is C13H9BrFNO2. The molecule has 2 rings (SSSR count). The minimum atomic E-state index is -0.561. The van der Waals surface area contributed by atoms with Crippen LogP contribution in [0.4, 0.5) is 4.39 Å².